The number of amides is 1. The molecule has 0 bridgehead atoms. The van der Waals surface area contributed by atoms with Crippen molar-refractivity contribution < 1.29 is 9.53 Å². The van der Waals surface area contributed by atoms with Gasteiger partial charge in [0.25, 0.3) is 0 Å². The van der Waals surface area contributed by atoms with Gasteiger partial charge in [0, 0.05) is 40.4 Å². The Kier molecular flexibility index (Phi) is 5.56. The van der Waals surface area contributed by atoms with Crippen LogP contribution in [0.2, 0.25) is 0 Å². The van der Waals surface area contributed by atoms with Gasteiger partial charge in [0.2, 0.25) is 11.9 Å². The Morgan fingerprint density at radius 3 is 2.79 bits per heavy atom. The molecule has 1 fully saturated rings. The summed E-state index contributed by atoms with van der Waals surface area (Å²) >= 11 is 0. The molecule has 1 saturated heterocycles. The van der Waals surface area contributed by atoms with Crippen LogP contribution in [0.25, 0.3) is 0 Å². The molecule has 1 amide bonds. The molecule has 19 heavy (non-hydrogen) atoms. The van der Waals surface area contributed by atoms with Gasteiger partial charge in [0.15, 0.2) is 0 Å². The number of likely N-dealkylation sites (N-methyl/N-ethyl adjacent to an activating group) is 1. The molecule has 1 heterocycles. The van der Waals surface area contributed by atoms with Crippen LogP contribution in [-0.4, -0.2) is 67.6 Å². The van der Waals surface area contributed by atoms with Gasteiger partial charge in [-0.15, -0.1) is 0 Å². The summed E-state index contributed by atoms with van der Waals surface area (Å²) in [4.78, 5) is 20.3. The van der Waals surface area contributed by atoms with Gasteiger partial charge in [-0.1, -0.05) is 0 Å². The third-order valence-corrected chi connectivity index (χ3v) is 3.36. The normalized spacial score (nSPS) is 19.8. The quantitative estimate of drug-likeness (QED) is 0.234. The Bertz CT molecular complexity index is 343. The number of nitrogens with one attached hydrogen (secondary N) is 1. The minimum absolute atomic E-state index is 0.0681. The highest BCUT2D eigenvalue weighted by atomic mass is 16.5. The maximum absolute atomic E-state index is 12.2. The molecule has 0 aromatic heterocycles. The van der Waals surface area contributed by atoms with Gasteiger partial charge in [-0.3, -0.25) is 15.2 Å². The molecule has 3 N–H and O–H groups in total. The lowest BCUT2D eigenvalue weighted by Gasteiger charge is -2.45. The number of aliphatic imine (C=N–C) groups is 1. The van der Waals surface area contributed by atoms with Gasteiger partial charge >= 0.3 is 0 Å². The van der Waals surface area contributed by atoms with Gasteiger partial charge in [-0.2, -0.15) is 0 Å². The molecular weight excluding hydrogens is 246 g/mol. The van der Waals surface area contributed by atoms with Crippen LogP contribution < -0.4 is 11.3 Å². The Hall–Kier alpha value is -1.34. The van der Waals surface area contributed by atoms with E-state index in [0.717, 1.165) is 6.42 Å². The molecule has 0 unspecified atom stereocenters. The summed E-state index contributed by atoms with van der Waals surface area (Å²) in [7, 11) is 3.47. The van der Waals surface area contributed by atoms with Crippen LogP contribution >= 0.6 is 0 Å². The maximum atomic E-state index is 12.2. The van der Waals surface area contributed by atoms with Crippen LogP contribution in [0.1, 0.15) is 20.3 Å². The second-order valence-corrected chi connectivity index (χ2v) is 5.13. The molecule has 0 aromatic rings. The van der Waals surface area contributed by atoms with Gasteiger partial charge in [0.1, 0.15) is 5.54 Å². The second kappa shape index (κ2) is 6.72. The summed E-state index contributed by atoms with van der Waals surface area (Å²) in [6.07, 6.45) is 0.823. The van der Waals surface area contributed by atoms with Crippen molar-refractivity contribution >= 4 is 11.9 Å². The Labute approximate surface area is 114 Å². The highest BCUT2D eigenvalue weighted by Gasteiger charge is 2.41. The molecule has 0 atom stereocenters. The molecule has 0 spiro atoms. The van der Waals surface area contributed by atoms with Crippen LogP contribution in [0.4, 0.5) is 0 Å². The van der Waals surface area contributed by atoms with E-state index in [1.807, 2.05) is 25.8 Å². The van der Waals surface area contributed by atoms with Crippen LogP contribution in [0.5, 0.6) is 0 Å². The number of nitrogens with two attached hydrogens (primary N) is 1. The van der Waals surface area contributed by atoms with E-state index >= 15 is 0 Å². The lowest BCUT2D eigenvalue weighted by atomic mass is 9.98. The fourth-order valence-corrected chi connectivity index (χ4v) is 2.19. The molecule has 110 valence electrons. The maximum Gasteiger partial charge on any atom is 0.247 e. The molecule has 0 saturated carbocycles. The second-order valence-electron chi connectivity index (χ2n) is 5.13. The molecule has 7 nitrogen and oxygen atoms in total. The summed E-state index contributed by atoms with van der Waals surface area (Å²) in [5.74, 6) is 6.17. The third-order valence-electron chi connectivity index (χ3n) is 3.36. The number of carbonyl (C=O) groups excluding carboxylic acids is 1. The summed E-state index contributed by atoms with van der Waals surface area (Å²) in [6, 6.07) is 0. The summed E-state index contributed by atoms with van der Waals surface area (Å²) in [6.45, 7) is 6.42. The van der Waals surface area contributed by atoms with Crippen molar-refractivity contribution in [1.82, 2.24) is 15.2 Å². The minimum Gasteiger partial charge on any atom is -0.385 e. The summed E-state index contributed by atoms with van der Waals surface area (Å²) in [5, 5.41) is 0. The molecule has 0 aromatic carbocycles. The highest BCUT2D eigenvalue weighted by molar-refractivity contribution is 5.92. The molecular formula is C12H25N5O2. The molecule has 0 aliphatic carbocycles. The van der Waals surface area contributed by atoms with E-state index in [0.29, 0.717) is 32.2 Å². The first kappa shape index (κ1) is 15.7. The van der Waals surface area contributed by atoms with E-state index in [2.05, 4.69) is 10.4 Å². The smallest absolute Gasteiger partial charge is 0.247 e. The zero-order chi connectivity index (χ0) is 14.5. The lowest BCUT2D eigenvalue weighted by molar-refractivity contribution is -0.143. The fourth-order valence-electron chi connectivity index (χ4n) is 2.19. The number of piperazine rings is 1. The predicted molar refractivity (Wildman–Crippen MR) is 74.5 cm³/mol. The van der Waals surface area contributed by atoms with Crippen molar-refractivity contribution in [3.63, 3.8) is 0 Å². The average Bonchev–Trinajstić information content (AvgIpc) is 2.38. The van der Waals surface area contributed by atoms with E-state index in [4.69, 9.17) is 10.6 Å². The number of methoxy groups -OCH3 is 1. The van der Waals surface area contributed by atoms with E-state index in [9.17, 15) is 4.79 Å². The van der Waals surface area contributed by atoms with Crippen LogP contribution in [0, 0.1) is 0 Å². The van der Waals surface area contributed by atoms with E-state index in [1.165, 1.54) is 0 Å². The largest absolute Gasteiger partial charge is 0.385 e. The van der Waals surface area contributed by atoms with Crippen molar-refractivity contribution in [2.24, 2.45) is 10.8 Å². The van der Waals surface area contributed by atoms with Crippen molar-refractivity contribution in [3.05, 3.63) is 0 Å². The number of hydrazine groups is 1. The standard InChI is InChI=1S/C12H25N5O2/c1-12(2)10(18)16(3)7-8-17(12)11(15-13)14-6-5-9-19-4/h5-9,13H2,1-4H3,(H,14,15). The van der Waals surface area contributed by atoms with Gasteiger partial charge < -0.3 is 14.5 Å². The highest BCUT2D eigenvalue weighted by Crippen LogP contribution is 2.21. The topological polar surface area (TPSA) is 83.2 Å². The number of guanidine groups is 1. The van der Waals surface area contributed by atoms with Gasteiger partial charge in [-0.25, -0.2) is 5.84 Å². The van der Waals surface area contributed by atoms with E-state index in [-0.39, 0.29) is 5.91 Å². The van der Waals surface area contributed by atoms with E-state index < -0.39 is 5.54 Å². The van der Waals surface area contributed by atoms with Gasteiger partial charge in [-0.05, 0) is 20.3 Å². The number of nitrogens with zero attached hydrogens (tertiary/aromatic N) is 3. The molecule has 1 rings (SSSR count). The molecule has 0 radical (unpaired) electrons. The van der Waals surface area contributed by atoms with Crippen LogP contribution in [-0.2, 0) is 9.53 Å². The SMILES string of the molecule is COCCCN=C(NN)N1CCN(C)C(=O)C1(C)C. The minimum atomic E-state index is -0.639. The Balaban J connectivity index is 2.77. The zero-order valence-corrected chi connectivity index (χ0v) is 12.3. The first-order valence-electron chi connectivity index (χ1n) is 6.48. The molecule has 1 aliphatic rings. The Morgan fingerprint density at radius 2 is 2.21 bits per heavy atom. The van der Waals surface area contributed by atoms with Crippen LogP contribution in [0.3, 0.4) is 0 Å². The number of ether oxygens (including phenoxy) is 1. The Morgan fingerprint density at radius 1 is 1.53 bits per heavy atom. The number of hydrogen-bond donors (Lipinski definition) is 2. The average molecular weight is 271 g/mol. The van der Waals surface area contributed by atoms with Crippen molar-refractivity contribution in [2.45, 2.75) is 25.8 Å². The number of rotatable bonds is 4. The monoisotopic (exact) mass is 271 g/mol. The van der Waals surface area contributed by atoms with Crippen LogP contribution in [0.15, 0.2) is 4.99 Å². The van der Waals surface area contributed by atoms with Crippen molar-refractivity contribution in [3.8, 4) is 0 Å². The molecule has 7 heteroatoms. The lowest BCUT2D eigenvalue weighted by Crippen LogP contribution is -2.66. The van der Waals surface area contributed by atoms with Gasteiger partial charge in [0.05, 0.1) is 0 Å². The zero-order valence-electron chi connectivity index (χ0n) is 12.3. The van der Waals surface area contributed by atoms with Crippen molar-refractivity contribution in [2.75, 3.05) is 40.4 Å². The third kappa shape index (κ3) is 3.57. The predicted octanol–water partition coefficient (Wildman–Crippen LogP) is -0.605. The summed E-state index contributed by atoms with van der Waals surface area (Å²) in [5.41, 5.74) is 1.96. The number of hydrogen-bond acceptors (Lipinski definition) is 4. The first-order chi connectivity index (χ1) is 8.95. The van der Waals surface area contributed by atoms with Crippen molar-refractivity contribution in [1.29, 1.82) is 0 Å². The first-order valence-corrected chi connectivity index (χ1v) is 6.48. The molecule has 1 aliphatic heterocycles. The van der Waals surface area contributed by atoms with E-state index in [1.54, 1.807) is 12.0 Å². The fraction of sp³-hybridized carbons (Fsp3) is 0.833. The number of carbonyl (C=O) groups is 1. The summed E-state index contributed by atoms with van der Waals surface area (Å²) < 4.78 is 4.98.